The number of anilines is 1. The zero-order chi connectivity index (χ0) is 12.1. The smallest absolute Gasteiger partial charge is 0.255 e. The number of furan rings is 1. The number of carbonyl (C=O) groups excluding carboxylic acids is 1. The Morgan fingerprint density at radius 3 is 3.00 bits per heavy atom. The number of nitrogens with one attached hydrogen (secondary N) is 1. The Balaban J connectivity index is 1.88. The lowest BCUT2D eigenvalue weighted by Crippen LogP contribution is -2.26. The Morgan fingerprint density at radius 2 is 2.29 bits per heavy atom. The number of nitrogen functional groups attached to an aromatic ring is 1. The van der Waals surface area contributed by atoms with Crippen LogP contribution in [-0.2, 0) is 6.42 Å². The maximum absolute atomic E-state index is 11.7. The summed E-state index contributed by atoms with van der Waals surface area (Å²) in [6.07, 6.45) is 3.81. The molecule has 0 unspecified atom stereocenters. The highest BCUT2D eigenvalue weighted by Crippen LogP contribution is 2.06. The maximum atomic E-state index is 11.7. The van der Waals surface area contributed by atoms with Crippen LogP contribution in [0.5, 0.6) is 0 Å². The first kappa shape index (κ1) is 11.2. The lowest BCUT2D eigenvalue weighted by Gasteiger charge is -2.05. The highest BCUT2D eigenvalue weighted by atomic mass is 16.3. The van der Waals surface area contributed by atoms with Crippen molar-refractivity contribution in [1.29, 1.82) is 0 Å². The van der Waals surface area contributed by atoms with Crippen LogP contribution in [0.2, 0.25) is 0 Å². The standard InChI is InChI=1S/C12H13N3O2/c13-11-10(4-1-6-14-11)12(16)15-7-5-9-3-2-8-17-9/h1-4,6,8H,5,7H2,(H2,13,14)(H,15,16). The monoisotopic (exact) mass is 231 g/mol. The van der Waals surface area contributed by atoms with Gasteiger partial charge in [0, 0.05) is 19.2 Å². The molecule has 3 N–H and O–H groups in total. The average molecular weight is 231 g/mol. The average Bonchev–Trinajstić information content (AvgIpc) is 2.82. The van der Waals surface area contributed by atoms with E-state index in [2.05, 4.69) is 10.3 Å². The number of nitrogens with two attached hydrogens (primary N) is 1. The van der Waals surface area contributed by atoms with Crippen molar-refractivity contribution in [2.75, 3.05) is 12.3 Å². The van der Waals surface area contributed by atoms with Crippen molar-refractivity contribution in [3.8, 4) is 0 Å². The highest BCUT2D eigenvalue weighted by Gasteiger charge is 2.09. The Hall–Kier alpha value is -2.30. The molecule has 5 nitrogen and oxygen atoms in total. The minimum absolute atomic E-state index is 0.220. The number of hydrogen-bond donors (Lipinski definition) is 2. The van der Waals surface area contributed by atoms with Crippen LogP contribution in [0.3, 0.4) is 0 Å². The van der Waals surface area contributed by atoms with Gasteiger partial charge >= 0.3 is 0 Å². The molecule has 0 aromatic carbocycles. The number of amides is 1. The molecule has 2 aromatic rings. The molecule has 5 heteroatoms. The lowest BCUT2D eigenvalue weighted by atomic mass is 10.2. The van der Waals surface area contributed by atoms with Crippen molar-refractivity contribution >= 4 is 11.7 Å². The zero-order valence-electron chi connectivity index (χ0n) is 9.22. The number of hydrogen-bond acceptors (Lipinski definition) is 4. The molecule has 2 aromatic heterocycles. The molecule has 0 saturated carbocycles. The Bertz CT molecular complexity index is 494. The van der Waals surface area contributed by atoms with Crippen LogP contribution < -0.4 is 11.1 Å². The van der Waals surface area contributed by atoms with Gasteiger partial charge in [0.05, 0.1) is 11.8 Å². The summed E-state index contributed by atoms with van der Waals surface area (Å²) in [5.74, 6) is 0.856. The second kappa shape index (κ2) is 5.16. The van der Waals surface area contributed by atoms with Gasteiger partial charge in [0.15, 0.2) is 0 Å². The molecule has 0 radical (unpaired) electrons. The molecular formula is C12H13N3O2. The summed E-state index contributed by atoms with van der Waals surface area (Å²) in [7, 11) is 0. The molecule has 0 aliphatic heterocycles. The number of rotatable bonds is 4. The van der Waals surface area contributed by atoms with Crippen LogP contribution in [0.4, 0.5) is 5.82 Å². The summed E-state index contributed by atoms with van der Waals surface area (Å²) in [5, 5.41) is 2.76. The fraction of sp³-hybridized carbons (Fsp3) is 0.167. The zero-order valence-corrected chi connectivity index (χ0v) is 9.22. The first-order valence-corrected chi connectivity index (χ1v) is 5.28. The molecular weight excluding hydrogens is 218 g/mol. The molecule has 0 fully saturated rings. The summed E-state index contributed by atoms with van der Waals surface area (Å²) in [4.78, 5) is 15.6. The van der Waals surface area contributed by atoms with Crippen LogP contribution in [0.25, 0.3) is 0 Å². The minimum atomic E-state index is -0.220. The SMILES string of the molecule is Nc1ncccc1C(=O)NCCc1ccco1. The second-order valence-electron chi connectivity index (χ2n) is 3.52. The molecule has 0 aliphatic carbocycles. The number of pyridine rings is 1. The third-order valence-electron chi connectivity index (χ3n) is 2.32. The van der Waals surface area contributed by atoms with E-state index in [1.807, 2.05) is 12.1 Å². The third kappa shape index (κ3) is 2.84. The first-order valence-electron chi connectivity index (χ1n) is 5.28. The summed E-state index contributed by atoms with van der Waals surface area (Å²) in [5.41, 5.74) is 5.99. The number of aromatic nitrogens is 1. The van der Waals surface area contributed by atoms with Crippen LogP contribution in [0.1, 0.15) is 16.1 Å². The molecule has 0 atom stereocenters. The maximum Gasteiger partial charge on any atom is 0.255 e. The van der Waals surface area contributed by atoms with Gasteiger partial charge in [-0.1, -0.05) is 0 Å². The normalized spacial score (nSPS) is 10.1. The third-order valence-corrected chi connectivity index (χ3v) is 2.32. The van der Waals surface area contributed by atoms with Crippen LogP contribution in [-0.4, -0.2) is 17.4 Å². The van der Waals surface area contributed by atoms with E-state index in [0.29, 0.717) is 18.5 Å². The van der Waals surface area contributed by atoms with Gasteiger partial charge in [-0.15, -0.1) is 0 Å². The lowest BCUT2D eigenvalue weighted by molar-refractivity contribution is 0.0954. The van der Waals surface area contributed by atoms with Gasteiger partial charge < -0.3 is 15.5 Å². The summed E-state index contributed by atoms with van der Waals surface area (Å²) < 4.78 is 5.16. The van der Waals surface area contributed by atoms with Crippen molar-refractivity contribution in [3.05, 3.63) is 48.0 Å². The summed E-state index contributed by atoms with van der Waals surface area (Å²) in [6, 6.07) is 7.00. The van der Waals surface area contributed by atoms with Gasteiger partial charge in [0.25, 0.3) is 5.91 Å². The van der Waals surface area contributed by atoms with Crippen LogP contribution in [0, 0.1) is 0 Å². The van der Waals surface area contributed by atoms with Crippen LogP contribution >= 0.6 is 0 Å². The molecule has 2 heterocycles. The van der Waals surface area contributed by atoms with Gasteiger partial charge in [0.2, 0.25) is 0 Å². The molecule has 0 aliphatic rings. The fourth-order valence-corrected chi connectivity index (χ4v) is 1.46. The van der Waals surface area contributed by atoms with E-state index in [1.165, 1.54) is 0 Å². The largest absolute Gasteiger partial charge is 0.469 e. The van der Waals surface area contributed by atoms with Crippen LogP contribution in [0.15, 0.2) is 41.1 Å². The fourth-order valence-electron chi connectivity index (χ4n) is 1.46. The quantitative estimate of drug-likeness (QED) is 0.829. The molecule has 0 bridgehead atoms. The van der Waals surface area contributed by atoms with E-state index >= 15 is 0 Å². The van der Waals surface area contributed by atoms with E-state index in [-0.39, 0.29) is 11.7 Å². The molecule has 1 amide bonds. The number of nitrogens with zero attached hydrogens (tertiary/aromatic N) is 1. The molecule has 0 saturated heterocycles. The topological polar surface area (TPSA) is 81.1 Å². The van der Waals surface area contributed by atoms with E-state index in [0.717, 1.165) is 5.76 Å². The second-order valence-corrected chi connectivity index (χ2v) is 3.52. The van der Waals surface area contributed by atoms with Crippen molar-refractivity contribution in [3.63, 3.8) is 0 Å². The van der Waals surface area contributed by atoms with E-state index in [1.54, 1.807) is 24.6 Å². The molecule has 2 rings (SSSR count). The Morgan fingerprint density at radius 1 is 1.41 bits per heavy atom. The summed E-state index contributed by atoms with van der Waals surface area (Å²) in [6.45, 7) is 0.501. The molecule has 0 spiro atoms. The summed E-state index contributed by atoms with van der Waals surface area (Å²) >= 11 is 0. The van der Waals surface area contributed by atoms with E-state index in [9.17, 15) is 4.79 Å². The number of carbonyl (C=O) groups is 1. The van der Waals surface area contributed by atoms with Crippen molar-refractivity contribution in [2.45, 2.75) is 6.42 Å². The van der Waals surface area contributed by atoms with E-state index in [4.69, 9.17) is 10.2 Å². The van der Waals surface area contributed by atoms with Gasteiger partial charge in [0.1, 0.15) is 11.6 Å². The Labute approximate surface area is 98.6 Å². The van der Waals surface area contributed by atoms with Gasteiger partial charge in [-0.3, -0.25) is 4.79 Å². The molecule has 88 valence electrons. The highest BCUT2D eigenvalue weighted by molar-refractivity contribution is 5.98. The predicted molar refractivity (Wildman–Crippen MR) is 63.4 cm³/mol. The Kier molecular flexibility index (Phi) is 3.40. The van der Waals surface area contributed by atoms with Crippen molar-refractivity contribution < 1.29 is 9.21 Å². The van der Waals surface area contributed by atoms with Gasteiger partial charge in [-0.2, -0.15) is 0 Å². The first-order chi connectivity index (χ1) is 8.27. The minimum Gasteiger partial charge on any atom is -0.469 e. The van der Waals surface area contributed by atoms with Gasteiger partial charge in [-0.25, -0.2) is 4.98 Å². The van der Waals surface area contributed by atoms with E-state index < -0.39 is 0 Å². The van der Waals surface area contributed by atoms with Crippen molar-refractivity contribution in [2.24, 2.45) is 0 Å². The molecule has 17 heavy (non-hydrogen) atoms. The van der Waals surface area contributed by atoms with Crippen molar-refractivity contribution in [1.82, 2.24) is 10.3 Å². The van der Waals surface area contributed by atoms with Gasteiger partial charge in [-0.05, 0) is 24.3 Å². The predicted octanol–water partition coefficient (Wildman–Crippen LogP) is 1.23.